The summed E-state index contributed by atoms with van der Waals surface area (Å²) in [4.78, 5) is 0. The van der Waals surface area contributed by atoms with E-state index in [1.807, 2.05) is 24.3 Å². The summed E-state index contributed by atoms with van der Waals surface area (Å²) in [5, 5.41) is 0. The first-order valence-corrected chi connectivity index (χ1v) is 5.95. The van der Waals surface area contributed by atoms with Crippen LogP contribution in [0, 0.1) is 0 Å². The quantitative estimate of drug-likeness (QED) is 0.607. The first-order chi connectivity index (χ1) is 8.40. The lowest BCUT2D eigenvalue weighted by Crippen LogP contribution is -2.28. The summed E-state index contributed by atoms with van der Waals surface area (Å²) in [6, 6.07) is 21.0. The highest BCUT2D eigenvalue weighted by molar-refractivity contribution is 5.20. The molecule has 3 N–H and O–H groups in total. The fraction of sp³-hybridized carbons (Fsp3) is 0.200. The Morgan fingerprint density at radius 1 is 0.882 bits per heavy atom. The van der Waals surface area contributed by atoms with E-state index < -0.39 is 0 Å². The topological polar surface area (TPSA) is 38.0 Å². The number of hydrogen-bond acceptors (Lipinski definition) is 2. The Labute approximate surface area is 102 Å². The summed E-state index contributed by atoms with van der Waals surface area (Å²) in [7, 11) is 0. The van der Waals surface area contributed by atoms with E-state index in [2.05, 4.69) is 41.8 Å². The second-order valence-electron chi connectivity index (χ2n) is 4.15. The van der Waals surface area contributed by atoms with Gasteiger partial charge in [0.1, 0.15) is 0 Å². The molecule has 2 rings (SSSR count). The number of benzene rings is 2. The largest absolute Gasteiger partial charge is 0.271 e. The third-order valence-corrected chi connectivity index (χ3v) is 2.97. The highest BCUT2D eigenvalue weighted by atomic mass is 15.2. The SMILES string of the molecule is NNC(CCc1ccccc1)c1ccccc1. The Kier molecular flexibility index (Phi) is 4.30. The molecular weight excluding hydrogens is 208 g/mol. The summed E-state index contributed by atoms with van der Waals surface area (Å²) < 4.78 is 0. The van der Waals surface area contributed by atoms with Crippen LogP contribution in [-0.4, -0.2) is 0 Å². The number of nitrogens with one attached hydrogen (secondary N) is 1. The molecule has 17 heavy (non-hydrogen) atoms. The fourth-order valence-corrected chi connectivity index (χ4v) is 1.99. The monoisotopic (exact) mass is 226 g/mol. The van der Waals surface area contributed by atoms with Crippen molar-refractivity contribution in [3.8, 4) is 0 Å². The number of rotatable bonds is 5. The van der Waals surface area contributed by atoms with Crippen LogP contribution in [0.4, 0.5) is 0 Å². The van der Waals surface area contributed by atoms with Crippen molar-refractivity contribution in [2.45, 2.75) is 18.9 Å². The first-order valence-electron chi connectivity index (χ1n) is 5.95. The van der Waals surface area contributed by atoms with Crippen molar-refractivity contribution in [1.29, 1.82) is 0 Å². The average Bonchev–Trinajstić information content (AvgIpc) is 2.42. The van der Waals surface area contributed by atoms with Gasteiger partial charge in [-0.15, -0.1) is 0 Å². The predicted octanol–water partition coefficient (Wildman–Crippen LogP) is 2.82. The minimum atomic E-state index is 0.219. The molecule has 2 aromatic rings. The van der Waals surface area contributed by atoms with Crippen LogP contribution < -0.4 is 11.3 Å². The van der Waals surface area contributed by atoms with Crippen LogP contribution in [0.5, 0.6) is 0 Å². The lowest BCUT2D eigenvalue weighted by molar-refractivity contribution is 0.516. The third kappa shape index (κ3) is 3.41. The molecule has 88 valence electrons. The molecule has 0 aliphatic carbocycles. The highest BCUT2D eigenvalue weighted by Crippen LogP contribution is 2.17. The number of hydrazine groups is 1. The molecule has 2 heteroatoms. The summed E-state index contributed by atoms with van der Waals surface area (Å²) in [6.45, 7) is 0. The molecular formula is C15H18N2. The lowest BCUT2D eigenvalue weighted by atomic mass is 10.00. The van der Waals surface area contributed by atoms with E-state index >= 15 is 0 Å². The minimum absolute atomic E-state index is 0.219. The van der Waals surface area contributed by atoms with Gasteiger partial charge in [0, 0.05) is 6.04 Å². The van der Waals surface area contributed by atoms with Gasteiger partial charge < -0.3 is 0 Å². The van der Waals surface area contributed by atoms with Gasteiger partial charge in [-0.1, -0.05) is 60.7 Å². The van der Waals surface area contributed by atoms with Crippen LogP contribution >= 0.6 is 0 Å². The Morgan fingerprint density at radius 3 is 2.06 bits per heavy atom. The van der Waals surface area contributed by atoms with Crippen LogP contribution in [0.3, 0.4) is 0 Å². The van der Waals surface area contributed by atoms with Crippen molar-refractivity contribution in [2.24, 2.45) is 5.84 Å². The van der Waals surface area contributed by atoms with Crippen LogP contribution in [0.2, 0.25) is 0 Å². The molecule has 0 aliphatic rings. The van der Waals surface area contributed by atoms with E-state index in [1.165, 1.54) is 11.1 Å². The molecule has 0 saturated carbocycles. The minimum Gasteiger partial charge on any atom is -0.271 e. The zero-order valence-electron chi connectivity index (χ0n) is 9.84. The van der Waals surface area contributed by atoms with E-state index in [4.69, 9.17) is 5.84 Å². The number of nitrogens with two attached hydrogens (primary N) is 1. The van der Waals surface area contributed by atoms with Gasteiger partial charge in [0.15, 0.2) is 0 Å². The maximum atomic E-state index is 5.62. The summed E-state index contributed by atoms with van der Waals surface area (Å²) in [6.07, 6.45) is 2.04. The average molecular weight is 226 g/mol. The second-order valence-corrected chi connectivity index (χ2v) is 4.15. The zero-order valence-corrected chi connectivity index (χ0v) is 9.84. The van der Waals surface area contributed by atoms with Crippen LogP contribution in [0.1, 0.15) is 23.6 Å². The van der Waals surface area contributed by atoms with Crippen LogP contribution in [0.15, 0.2) is 60.7 Å². The fourth-order valence-electron chi connectivity index (χ4n) is 1.99. The van der Waals surface area contributed by atoms with Gasteiger partial charge in [-0.2, -0.15) is 0 Å². The van der Waals surface area contributed by atoms with Gasteiger partial charge in [0.2, 0.25) is 0 Å². The van der Waals surface area contributed by atoms with Gasteiger partial charge >= 0.3 is 0 Å². The molecule has 1 unspecified atom stereocenters. The molecule has 0 bridgehead atoms. The van der Waals surface area contributed by atoms with Gasteiger partial charge in [-0.25, -0.2) is 0 Å². The molecule has 0 fully saturated rings. The predicted molar refractivity (Wildman–Crippen MR) is 71.3 cm³/mol. The van der Waals surface area contributed by atoms with Crippen molar-refractivity contribution < 1.29 is 0 Å². The summed E-state index contributed by atoms with van der Waals surface area (Å²) in [5.41, 5.74) is 5.48. The van der Waals surface area contributed by atoms with Gasteiger partial charge in [-0.3, -0.25) is 11.3 Å². The van der Waals surface area contributed by atoms with E-state index in [9.17, 15) is 0 Å². The van der Waals surface area contributed by atoms with Crippen molar-refractivity contribution in [3.63, 3.8) is 0 Å². The van der Waals surface area contributed by atoms with Crippen LogP contribution in [0.25, 0.3) is 0 Å². The molecule has 0 spiro atoms. The Balaban J connectivity index is 1.97. The molecule has 2 nitrogen and oxygen atoms in total. The van der Waals surface area contributed by atoms with Crippen molar-refractivity contribution in [2.75, 3.05) is 0 Å². The lowest BCUT2D eigenvalue weighted by Gasteiger charge is -2.16. The Morgan fingerprint density at radius 2 is 1.47 bits per heavy atom. The van der Waals surface area contributed by atoms with Crippen LogP contribution in [-0.2, 0) is 6.42 Å². The molecule has 0 aliphatic heterocycles. The highest BCUT2D eigenvalue weighted by Gasteiger charge is 2.08. The zero-order chi connectivity index (χ0) is 11.9. The van der Waals surface area contributed by atoms with E-state index in [0.29, 0.717) is 0 Å². The molecule has 0 aromatic heterocycles. The van der Waals surface area contributed by atoms with Crippen molar-refractivity contribution in [3.05, 3.63) is 71.8 Å². The smallest absolute Gasteiger partial charge is 0.0463 e. The summed E-state index contributed by atoms with van der Waals surface area (Å²) >= 11 is 0. The standard InChI is InChI=1S/C15H18N2/c16-17-15(14-9-5-2-6-10-14)12-11-13-7-3-1-4-8-13/h1-10,15,17H,11-12,16H2. The maximum absolute atomic E-state index is 5.62. The maximum Gasteiger partial charge on any atom is 0.0463 e. The molecule has 0 saturated heterocycles. The van der Waals surface area contributed by atoms with E-state index in [0.717, 1.165) is 12.8 Å². The van der Waals surface area contributed by atoms with Crippen molar-refractivity contribution in [1.82, 2.24) is 5.43 Å². The van der Waals surface area contributed by atoms with E-state index in [1.54, 1.807) is 0 Å². The van der Waals surface area contributed by atoms with E-state index in [-0.39, 0.29) is 6.04 Å². The summed E-state index contributed by atoms with van der Waals surface area (Å²) in [5.74, 6) is 5.62. The Hall–Kier alpha value is -1.64. The van der Waals surface area contributed by atoms with Gasteiger partial charge in [-0.05, 0) is 24.0 Å². The first kappa shape index (κ1) is 11.8. The number of aryl methyl sites for hydroxylation is 1. The normalized spacial score (nSPS) is 12.3. The molecule has 0 radical (unpaired) electrons. The molecule has 2 aromatic carbocycles. The van der Waals surface area contributed by atoms with Crippen molar-refractivity contribution >= 4 is 0 Å². The second kappa shape index (κ2) is 6.18. The van der Waals surface area contributed by atoms with Gasteiger partial charge in [0.05, 0.1) is 0 Å². The molecule has 1 atom stereocenters. The Bertz CT molecular complexity index is 425. The number of hydrogen-bond donors (Lipinski definition) is 2. The van der Waals surface area contributed by atoms with Gasteiger partial charge in [0.25, 0.3) is 0 Å². The molecule has 0 heterocycles. The third-order valence-electron chi connectivity index (χ3n) is 2.97. The molecule has 0 amide bonds.